The number of pyridine rings is 1. The number of hydrogen-bond donors (Lipinski definition) is 1. The third-order valence-corrected chi connectivity index (χ3v) is 4.22. The molecule has 0 saturated carbocycles. The van der Waals surface area contributed by atoms with Crippen LogP contribution in [0.1, 0.15) is 19.8 Å². The van der Waals surface area contributed by atoms with Crippen LogP contribution in [-0.4, -0.2) is 41.6 Å². The number of nitrogens with zero attached hydrogens (tertiary/aromatic N) is 2. The summed E-state index contributed by atoms with van der Waals surface area (Å²) in [5.74, 6) is 0.620. The molecule has 1 N–H and O–H groups in total. The minimum Gasteiger partial charge on any atom is -0.353 e. The topological polar surface area (TPSA) is 54.3 Å². The van der Waals surface area contributed by atoms with Crippen LogP contribution in [0.3, 0.4) is 0 Å². The molecular weight excluding hydrogens is 334 g/mol. The fourth-order valence-electron chi connectivity index (χ4n) is 2.68. The van der Waals surface area contributed by atoms with Gasteiger partial charge in [-0.3, -0.25) is 9.59 Å². The first-order valence-electron chi connectivity index (χ1n) is 7.39. The van der Waals surface area contributed by atoms with Gasteiger partial charge in [0.25, 0.3) is 5.56 Å². The second kappa shape index (κ2) is 7.75. The van der Waals surface area contributed by atoms with Gasteiger partial charge in [0.2, 0.25) is 5.91 Å². The maximum Gasteiger partial charge on any atom is 0.251 e. The molecule has 0 radical (unpaired) electrons. The summed E-state index contributed by atoms with van der Waals surface area (Å²) >= 11 is 3.30. The van der Waals surface area contributed by atoms with Gasteiger partial charge in [-0.05, 0) is 47.3 Å². The van der Waals surface area contributed by atoms with E-state index in [-0.39, 0.29) is 18.0 Å². The lowest BCUT2D eigenvalue weighted by molar-refractivity contribution is -0.121. The van der Waals surface area contributed by atoms with Gasteiger partial charge in [0.05, 0.1) is 0 Å². The first kappa shape index (κ1) is 16.2. The lowest BCUT2D eigenvalue weighted by Crippen LogP contribution is -2.41. The normalized spacial score (nSPS) is 19.4. The summed E-state index contributed by atoms with van der Waals surface area (Å²) in [5.41, 5.74) is -0.168. The van der Waals surface area contributed by atoms with Crippen LogP contribution in [0.2, 0.25) is 0 Å². The zero-order valence-corrected chi connectivity index (χ0v) is 13.9. The minimum atomic E-state index is -0.168. The molecule has 0 aliphatic carbocycles. The highest BCUT2D eigenvalue weighted by molar-refractivity contribution is 9.10. The largest absolute Gasteiger partial charge is 0.353 e. The predicted octanol–water partition coefficient (Wildman–Crippen LogP) is 1.46. The molecule has 1 aromatic rings. The Hall–Kier alpha value is -1.14. The molecule has 1 aliphatic rings. The third kappa shape index (κ3) is 5.28. The van der Waals surface area contributed by atoms with Gasteiger partial charge in [-0.25, -0.2) is 0 Å². The number of piperidine rings is 1. The molecule has 0 spiro atoms. The second-order valence-electron chi connectivity index (χ2n) is 5.71. The van der Waals surface area contributed by atoms with Crippen molar-refractivity contribution in [1.29, 1.82) is 0 Å². The smallest absolute Gasteiger partial charge is 0.251 e. The molecule has 1 unspecified atom stereocenters. The zero-order valence-electron chi connectivity index (χ0n) is 12.3. The number of nitrogens with one attached hydrogen (secondary N) is 1. The molecule has 1 amide bonds. The van der Waals surface area contributed by atoms with Crippen LogP contribution in [0.25, 0.3) is 0 Å². The molecule has 1 saturated heterocycles. The van der Waals surface area contributed by atoms with Crippen molar-refractivity contribution in [1.82, 2.24) is 14.8 Å². The van der Waals surface area contributed by atoms with Crippen LogP contribution < -0.4 is 10.9 Å². The highest BCUT2D eigenvalue weighted by atomic mass is 79.9. The molecule has 6 heteroatoms. The fraction of sp³-hybridized carbons (Fsp3) is 0.600. The number of aromatic nitrogens is 1. The predicted molar refractivity (Wildman–Crippen MR) is 86.2 cm³/mol. The summed E-state index contributed by atoms with van der Waals surface area (Å²) < 4.78 is 2.19. The second-order valence-corrected chi connectivity index (χ2v) is 6.63. The summed E-state index contributed by atoms with van der Waals surface area (Å²) in [6.45, 7) is 6.07. The monoisotopic (exact) mass is 355 g/mol. The Morgan fingerprint density at radius 2 is 2.29 bits per heavy atom. The van der Waals surface area contributed by atoms with Gasteiger partial charge in [0.15, 0.2) is 0 Å². The van der Waals surface area contributed by atoms with E-state index in [0.29, 0.717) is 6.54 Å². The molecule has 21 heavy (non-hydrogen) atoms. The first-order chi connectivity index (χ1) is 10.0. The molecule has 0 bridgehead atoms. The van der Waals surface area contributed by atoms with Gasteiger partial charge < -0.3 is 14.8 Å². The zero-order chi connectivity index (χ0) is 15.2. The van der Waals surface area contributed by atoms with E-state index in [1.54, 1.807) is 12.3 Å². The SMILES string of the molecule is CC1CCCN(CCNC(=O)Cn2cc(Br)ccc2=O)C1. The van der Waals surface area contributed by atoms with Crippen molar-refractivity contribution in [3.63, 3.8) is 0 Å². The molecular formula is C15H22BrN3O2. The summed E-state index contributed by atoms with van der Waals surface area (Å²) in [6, 6.07) is 3.13. The van der Waals surface area contributed by atoms with Crippen molar-refractivity contribution in [2.24, 2.45) is 5.92 Å². The third-order valence-electron chi connectivity index (χ3n) is 3.75. The van der Waals surface area contributed by atoms with Gasteiger partial charge in [0, 0.05) is 36.4 Å². The van der Waals surface area contributed by atoms with E-state index in [4.69, 9.17) is 0 Å². The van der Waals surface area contributed by atoms with Crippen molar-refractivity contribution in [3.05, 3.63) is 33.2 Å². The maximum atomic E-state index is 11.9. The van der Waals surface area contributed by atoms with Gasteiger partial charge in [-0.1, -0.05) is 6.92 Å². The Labute approximate surface area is 133 Å². The molecule has 2 heterocycles. The van der Waals surface area contributed by atoms with Crippen molar-refractivity contribution >= 4 is 21.8 Å². The molecule has 1 atom stereocenters. The van der Waals surface area contributed by atoms with Crippen molar-refractivity contribution in [2.45, 2.75) is 26.3 Å². The van der Waals surface area contributed by atoms with Crippen LogP contribution in [0, 0.1) is 5.92 Å². The number of rotatable bonds is 5. The standard InChI is InChI=1S/C15H22BrN3O2/c1-12-3-2-7-18(9-12)8-6-17-14(20)11-19-10-13(16)4-5-15(19)21/h4-5,10,12H,2-3,6-9,11H2,1H3,(H,17,20). The number of likely N-dealkylation sites (tertiary alicyclic amines) is 1. The van der Waals surface area contributed by atoms with Crippen LogP contribution in [0.15, 0.2) is 27.6 Å². The summed E-state index contributed by atoms with van der Waals surface area (Å²) in [5, 5.41) is 2.88. The summed E-state index contributed by atoms with van der Waals surface area (Å²) in [6.07, 6.45) is 4.17. The highest BCUT2D eigenvalue weighted by Gasteiger charge is 2.15. The average molecular weight is 356 g/mol. The van der Waals surface area contributed by atoms with Gasteiger partial charge in [-0.15, -0.1) is 0 Å². The highest BCUT2D eigenvalue weighted by Crippen LogP contribution is 2.14. The molecule has 1 aromatic heterocycles. The lowest BCUT2D eigenvalue weighted by Gasteiger charge is -2.30. The van der Waals surface area contributed by atoms with E-state index >= 15 is 0 Å². The van der Waals surface area contributed by atoms with Crippen molar-refractivity contribution < 1.29 is 4.79 Å². The van der Waals surface area contributed by atoms with Crippen LogP contribution >= 0.6 is 15.9 Å². The number of amides is 1. The van der Waals surface area contributed by atoms with E-state index in [2.05, 4.69) is 33.1 Å². The Kier molecular flexibility index (Phi) is 5.99. The molecule has 5 nitrogen and oxygen atoms in total. The summed E-state index contributed by atoms with van der Waals surface area (Å²) in [7, 11) is 0. The average Bonchev–Trinajstić information content (AvgIpc) is 2.43. The maximum absolute atomic E-state index is 11.9. The van der Waals surface area contributed by atoms with E-state index < -0.39 is 0 Å². The Morgan fingerprint density at radius 3 is 3.05 bits per heavy atom. The van der Waals surface area contributed by atoms with Gasteiger partial charge >= 0.3 is 0 Å². The number of carbonyl (C=O) groups excluding carboxylic acids is 1. The molecule has 0 aromatic carbocycles. The van der Waals surface area contributed by atoms with Crippen molar-refractivity contribution in [3.8, 4) is 0 Å². The quantitative estimate of drug-likeness (QED) is 0.869. The molecule has 116 valence electrons. The van der Waals surface area contributed by atoms with E-state index in [1.165, 1.54) is 23.5 Å². The first-order valence-corrected chi connectivity index (χ1v) is 8.19. The Bertz CT molecular complexity index is 544. The van der Waals surface area contributed by atoms with Crippen LogP contribution in [-0.2, 0) is 11.3 Å². The Morgan fingerprint density at radius 1 is 1.48 bits per heavy atom. The minimum absolute atomic E-state index is 0.0642. The summed E-state index contributed by atoms with van der Waals surface area (Å²) in [4.78, 5) is 25.9. The molecule has 1 aliphatic heterocycles. The van der Waals surface area contributed by atoms with Gasteiger partial charge in [-0.2, -0.15) is 0 Å². The number of halogens is 1. The van der Waals surface area contributed by atoms with E-state index in [1.807, 2.05) is 0 Å². The van der Waals surface area contributed by atoms with Crippen LogP contribution in [0.5, 0.6) is 0 Å². The molecule has 1 fully saturated rings. The molecule has 2 rings (SSSR count). The van der Waals surface area contributed by atoms with Gasteiger partial charge in [0.1, 0.15) is 6.54 Å². The lowest BCUT2D eigenvalue weighted by atomic mass is 10.0. The fourth-order valence-corrected chi connectivity index (χ4v) is 3.06. The number of carbonyl (C=O) groups is 1. The number of hydrogen-bond acceptors (Lipinski definition) is 3. The van der Waals surface area contributed by atoms with Crippen LogP contribution in [0.4, 0.5) is 0 Å². The van der Waals surface area contributed by atoms with E-state index in [9.17, 15) is 9.59 Å². The van der Waals surface area contributed by atoms with E-state index in [0.717, 1.165) is 30.0 Å². The Balaban J connectivity index is 1.74. The van der Waals surface area contributed by atoms with Crippen molar-refractivity contribution in [2.75, 3.05) is 26.2 Å².